The van der Waals surface area contributed by atoms with Crippen molar-refractivity contribution in [1.82, 2.24) is 0 Å². The molecule has 2 rings (SSSR count). The third-order valence-electron chi connectivity index (χ3n) is 2.62. The fourth-order valence-electron chi connectivity index (χ4n) is 1.67. The van der Waals surface area contributed by atoms with Gasteiger partial charge in [0.15, 0.2) is 0 Å². The van der Waals surface area contributed by atoms with Crippen molar-refractivity contribution in [1.29, 1.82) is 0 Å². The molecule has 0 saturated heterocycles. The van der Waals surface area contributed by atoms with Crippen molar-refractivity contribution in [2.24, 2.45) is 0 Å². The molecule has 88 valence electrons. The topological polar surface area (TPSA) is 29.5 Å². The molecule has 1 unspecified atom stereocenters. The zero-order valence-corrected chi connectivity index (χ0v) is 10.2. The minimum atomic E-state index is -0.713. The second-order valence-electron chi connectivity index (χ2n) is 3.70. The second kappa shape index (κ2) is 5.21. The van der Waals surface area contributed by atoms with Gasteiger partial charge in [-0.1, -0.05) is 48.0 Å². The van der Waals surface area contributed by atoms with E-state index in [-0.39, 0.29) is 0 Å². The second-order valence-corrected chi connectivity index (χ2v) is 4.11. The molecule has 2 nitrogen and oxygen atoms in total. The van der Waals surface area contributed by atoms with E-state index in [4.69, 9.17) is 16.3 Å². The van der Waals surface area contributed by atoms with E-state index in [0.717, 1.165) is 5.56 Å². The van der Waals surface area contributed by atoms with Crippen LogP contribution < -0.4 is 4.74 Å². The average molecular weight is 249 g/mol. The number of hydrogen-bond donors (Lipinski definition) is 1. The highest BCUT2D eigenvalue weighted by molar-refractivity contribution is 6.31. The third kappa shape index (κ3) is 2.60. The minimum Gasteiger partial charge on any atom is -0.497 e. The van der Waals surface area contributed by atoms with Crippen LogP contribution in [0.3, 0.4) is 0 Å². The molecule has 0 radical (unpaired) electrons. The minimum absolute atomic E-state index is 0.501. The van der Waals surface area contributed by atoms with E-state index in [0.29, 0.717) is 16.3 Å². The Balaban J connectivity index is 2.34. The predicted molar refractivity (Wildman–Crippen MR) is 68.5 cm³/mol. The molecule has 0 aromatic heterocycles. The van der Waals surface area contributed by atoms with Gasteiger partial charge < -0.3 is 9.84 Å². The van der Waals surface area contributed by atoms with Gasteiger partial charge in [-0.3, -0.25) is 0 Å². The largest absolute Gasteiger partial charge is 0.497 e. The first-order valence-corrected chi connectivity index (χ1v) is 5.66. The smallest absolute Gasteiger partial charge is 0.120 e. The van der Waals surface area contributed by atoms with Gasteiger partial charge in [-0.25, -0.2) is 0 Å². The van der Waals surface area contributed by atoms with Gasteiger partial charge in [-0.2, -0.15) is 0 Å². The molecule has 0 aliphatic rings. The lowest BCUT2D eigenvalue weighted by molar-refractivity contribution is 0.220. The molecule has 17 heavy (non-hydrogen) atoms. The normalized spacial score (nSPS) is 12.2. The Labute approximate surface area is 105 Å². The van der Waals surface area contributed by atoms with E-state index in [1.165, 1.54) is 0 Å². The Morgan fingerprint density at radius 2 is 1.82 bits per heavy atom. The van der Waals surface area contributed by atoms with Gasteiger partial charge in [0.2, 0.25) is 0 Å². The van der Waals surface area contributed by atoms with E-state index in [1.54, 1.807) is 25.3 Å². The van der Waals surface area contributed by atoms with E-state index < -0.39 is 6.10 Å². The first kappa shape index (κ1) is 12.0. The lowest BCUT2D eigenvalue weighted by Crippen LogP contribution is -2.00. The van der Waals surface area contributed by atoms with Gasteiger partial charge >= 0.3 is 0 Å². The molecule has 0 spiro atoms. The number of hydrogen-bond acceptors (Lipinski definition) is 2. The molecule has 0 amide bonds. The molecule has 3 heteroatoms. The lowest BCUT2D eigenvalue weighted by Gasteiger charge is -2.13. The Morgan fingerprint density at radius 1 is 1.12 bits per heavy atom. The van der Waals surface area contributed by atoms with Crippen molar-refractivity contribution >= 4 is 11.6 Å². The highest BCUT2D eigenvalue weighted by Crippen LogP contribution is 2.30. The first-order valence-electron chi connectivity index (χ1n) is 5.29. The standard InChI is InChI=1S/C14H13ClO2/c1-17-11-7-8-12(13(15)9-11)14(16)10-5-3-2-4-6-10/h2-9,14,16H,1H3. The summed E-state index contributed by atoms with van der Waals surface area (Å²) in [5.41, 5.74) is 1.50. The molecule has 1 N–H and O–H groups in total. The van der Waals surface area contributed by atoms with Gasteiger partial charge in [0.05, 0.1) is 12.1 Å². The van der Waals surface area contributed by atoms with Crippen LogP contribution in [0.2, 0.25) is 5.02 Å². The fourth-order valence-corrected chi connectivity index (χ4v) is 1.95. The molecule has 0 aliphatic heterocycles. The van der Waals surface area contributed by atoms with Gasteiger partial charge in [0.1, 0.15) is 11.9 Å². The van der Waals surface area contributed by atoms with E-state index in [1.807, 2.05) is 30.3 Å². The maximum Gasteiger partial charge on any atom is 0.120 e. The first-order chi connectivity index (χ1) is 8.22. The number of methoxy groups -OCH3 is 1. The number of ether oxygens (including phenoxy) is 1. The van der Waals surface area contributed by atoms with Crippen LogP contribution in [-0.4, -0.2) is 12.2 Å². The molecule has 0 bridgehead atoms. The van der Waals surface area contributed by atoms with Crippen LogP contribution >= 0.6 is 11.6 Å². The zero-order valence-electron chi connectivity index (χ0n) is 9.43. The quantitative estimate of drug-likeness (QED) is 0.902. The number of benzene rings is 2. The van der Waals surface area contributed by atoms with Crippen LogP contribution in [0.25, 0.3) is 0 Å². The molecular weight excluding hydrogens is 236 g/mol. The average Bonchev–Trinajstić information content (AvgIpc) is 2.39. The van der Waals surface area contributed by atoms with Crippen LogP contribution in [0.5, 0.6) is 5.75 Å². The van der Waals surface area contributed by atoms with Crippen molar-refractivity contribution < 1.29 is 9.84 Å². The van der Waals surface area contributed by atoms with Gasteiger partial charge in [0, 0.05) is 5.56 Å². The summed E-state index contributed by atoms with van der Waals surface area (Å²) in [7, 11) is 1.58. The Bertz CT molecular complexity index is 497. The lowest BCUT2D eigenvalue weighted by atomic mass is 10.0. The highest BCUT2D eigenvalue weighted by atomic mass is 35.5. The van der Waals surface area contributed by atoms with Crippen molar-refractivity contribution in [2.45, 2.75) is 6.10 Å². The van der Waals surface area contributed by atoms with Gasteiger partial charge in [-0.15, -0.1) is 0 Å². The summed E-state index contributed by atoms with van der Waals surface area (Å²) in [5.74, 6) is 0.680. The van der Waals surface area contributed by atoms with Crippen LogP contribution in [0.15, 0.2) is 48.5 Å². The van der Waals surface area contributed by atoms with Gasteiger partial charge in [0.25, 0.3) is 0 Å². The summed E-state index contributed by atoms with van der Waals surface area (Å²) in [6.07, 6.45) is -0.713. The number of rotatable bonds is 3. The molecule has 0 fully saturated rings. The van der Waals surface area contributed by atoms with Crippen molar-refractivity contribution in [3.05, 3.63) is 64.7 Å². The molecule has 0 heterocycles. The van der Waals surface area contributed by atoms with Crippen molar-refractivity contribution in [3.8, 4) is 5.75 Å². The summed E-state index contributed by atoms with van der Waals surface area (Å²) >= 11 is 6.11. The van der Waals surface area contributed by atoms with Crippen LogP contribution in [0.4, 0.5) is 0 Å². The summed E-state index contributed by atoms with van der Waals surface area (Å²) in [6, 6.07) is 14.7. The summed E-state index contributed by atoms with van der Waals surface area (Å²) in [6.45, 7) is 0. The Morgan fingerprint density at radius 3 is 2.41 bits per heavy atom. The SMILES string of the molecule is COc1ccc(C(O)c2ccccc2)c(Cl)c1. The van der Waals surface area contributed by atoms with Gasteiger partial charge in [-0.05, 0) is 17.7 Å². The molecule has 1 atom stereocenters. The summed E-state index contributed by atoms with van der Waals surface area (Å²) in [5, 5.41) is 10.7. The fraction of sp³-hybridized carbons (Fsp3) is 0.143. The van der Waals surface area contributed by atoms with Crippen LogP contribution in [-0.2, 0) is 0 Å². The summed E-state index contributed by atoms with van der Waals surface area (Å²) < 4.78 is 5.07. The number of halogens is 1. The maximum absolute atomic E-state index is 10.2. The van der Waals surface area contributed by atoms with Crippen molar-refractivity contribution in [2.75, 3.05) is 7.11 Å². The monoisotopic (exact) mass is 248 g/mol. The molecule has 2 aromatic carbocycles. The Hall–Kier alpha value is -1.51. The number of aliphatic hydroxyl groups excluding tert-OH is 1. The van der Waals surface area contributed by atoms with Crippen molar-refractivity contribution in [3.63, 3.8) is 0 Å². The van der Waals surface area contributed by atoms with E-state index in [2.05, 4.69) is 0 Å². The zero-order chi connectivity index (χ0) is 12.3. The van der Waals surface area contributed by atoms with E-state index in [9.17, 15) is 5.11 Å². The van der Waals surface area contributed by atoms with Crippen LogP contribution in [0.1, 0.15) is 17.2 Å². The van der Waals surface area contributed by atoms with Crippen LogP contribution in [0, 0.1) is 0 Å². The molecular formula is C14H13ClO2. The molecule has 0 saturated carbocycles. The maximum atomic E-state index is 10.2. The van der Waals surface area contributed by atoms with E-state index >= 15 is 0 Å². The third-order valence-corrected chi connectivity index (χ3v) is 2.94. The Kier molecular flexibility index (Phi) is 3.67. The molecule has 2 aromatic rings. The highest BCUT2D eigenvalue weighted by Gasteiger charge is 2.13. The summed E-state index contributed by atoms with van der Waals surface area (Å²) in [4.78, 5) is 0. The predicted octanol–water partition coefficient (Wildman–Crippen LogP) is 3.43. The molecule has 0 aliphatic carbocycles. The number of aliphatic hydroxyl groups is 1.